The van der Waals surface area contributed by atoms with E-state index in [-0.39, 0.29) is 18.6 Å². The predicted octanol–water partition coefficient (Wildman–Crippen LogP) is 2.47. The van der Waals surface area contributed by atoms with Gasteiger partial charge in [-0.1, -0.05) is 24.3 Å². The van der Waals surface area contributed by atoms with Gasteiger partial charge in [0, 0.05) is 37.3 Å². The monoisotopic (exact) mass is 378 g/mol. The summed E-state index contributed by atoms with van der Waals surface area (Å²) in [5, 5.41) is 9.47. The minimum absolute atomic E-state index is 0.0462. The molecule has 1 aliphatic rings. The van der Waals surface area contributed by atoms with E-state index in [1.54, 1.807) is 0 Å². The van der Waals surface area contributed by atoms with Crippen LogP contribution < -0.4 is 0 Å². The molecule has 3 aromatic rings. The van der Waals surface area contributed by atoms with Crippen molar-refractivity contribution in [3.8, 4) is 11.4 Å². The molecule has 1 saturated heterocycles. The van der Waals surface area contributed by atoms with Crippen molar-refractivity contribution < 1.29 is 9.90 Å². The lowest BCUT2D eigenvalue weighted by Crippen LogP contribution is -2.38. The zero-order chi connectivity index (χ0) is 19.7. The summed E-state index contributed by atoms with van der Waals surface area (Å²) in [5.74, 6) is 0.857. The van der Waals surface area contributed by atoms with E-state index in [0.29, 0.717) is 12.1 Å². The SMILES string of the molecule is CN1CCC(N(C)C(=O)c2ccc(-c3nc4ccccc4n3CCO)cc2)C1. The number of benzene rings is 2. The van der Waals surface area contributed by atoms with Crippen LogP contribution in [-0.2, 0) is 6.54 Å². The number of aliphatic hydroxyl groups excluding tert-OH is 1. The number of likely N-dealkylation sites (N-methyl/N-ethyl adjacent to an activating group) is 2. The van der Waals surface area contributed by atoms with Crippen LogP contribution in [0.25, 0.3) is 22.4 Å². The van der Waals surface area contributed by atoms with Crippen molar-refractivity contribution in [3.05, 3.63) is 54.1 Å². The van der Waals surface area contributed by atoms with Gasteiger partial charge in [-0.05, 0) is 44.3 Å². The molecule has 0 spiro atoms. The van der Waals surface area contributed by atoms with Crippen molar-refractivity contribution in [2.24, 2.45) is 0 Å². The van der Waals surface area contributed by atoms with Crippen LogP contribution in [0.2, 0.25) is 0 Å². The van der Waals surface area contributed by atoms with Crippen LogP contribution in [0.5, 0.6) is 0 Å². The second kappa shape index (κ2) is 7.73. The third-order valence-corrected chi connectivity index (χ3v) is 5.60. The van der Waals surface area contributed by atoms with Crippen LogP contribution in [0, 0.1) is 0 Å². The van der Waals surface area contributed by atoms with Crippen LogP contribution in [0.3, 0.4) is 0 Å². The van der Waals surface area contributed by atoms with Gasteiger partial charge in [-0.15, -0.1) is 0 Å². The van der Waals surface area contributed by atoms with Gasteiger partial charge in [-0.2, -0.15) is 0 Å². The number of likely N-dealkylation sites (tertiary alicyclic amines) is 1. The number of nitrogens with zero attached hydrogens (tertiary/aromatic N) is 4. The number of carbonyl (C=O) groups is 1. The largest absolute Gasteiger partial charge is 0.395 e. The maximum Gasteiger partial charge on any atom is 0.253 e. The van der Waals surface area contributed by atoms with Crippen LogP contribution in [0.4, 0.5) is 0 Å². The van der Waals surface area contributed by atoms with Gasteiger partial charge in [0.15, 0.2) is 0 Å². The highest BCUT2D eigenvalue weighted by Crippen LogP contribution is 2.25. The Morgan fingerprint density at radius 2 is 1.96 bits per heavy atom. The summed E-state index contributed by atoms with van der Waals surface area (Å²) in [6.07, 6.45) is 1.02. The van der Waals surface area contributed by atoms with Gasteiger partial charge in [0.1, 0.15) is 5.82 Å². The molecule has 146 valence electrons. The lowest BCUT2D eigenvalue weighted by molar-refractivity contribution is 0.0737. The van der Waals surface area contributed by atoms with Crippen molar-refractivity contribution in [1.29, 1.82) is 0 Å². The molecule has 4 rings (SSSR count). The van der Waals surface area contributed by atoms with Gasteiger partial charge < -0.3 is 19.5 Å². The molecular weight excluding hydrogens is 352 g/mol. The van der Waals surface area contributed by atoms with Gasteiger partial charge in [-0.3, -0.25) is 4.79 Å². The third kappa shape index (κ3) is 3.41. The van der Waals surface area contributed by atoms with Gasteiger partial charge in [0.2, 0.25) is 0 Å². The standard InChI is InChI=1S/C22H26N4O2/c1-24-12-11-18(15-24)25(2)22(28)17-9-7-16(8-10-17)21-23-19-5-3-4-6-20(19)26(21)13-14-27/h3-10,18,27H,11-15H2,1-2H3. The summed E-state index contributed by atoms with van der Waals surface area (Å²) in [6, 6.07) is 15.8. The Labute approximate surface area is 165 Å². The number of carbonyl (C=O) groups excluding carboxylic acids is 1. The minimum Gasteiger partial charge on any atom is -0.395 e. The molecule has 1 atom stereocenters. The van der Waals surface area contributed by atoms with Crippen molar-refractivity contribution in [2.75, 3.05) is 33.8 Å². The average molecular weight is 378 g/mol. The first-order valence-corrected chi connectivity index (χ1v) is 9.70. The first kappa shape index (κ1) is 18.7. The summed E-state index contributed by atoms with van der Waals surface area (Å²) in [5.41, 5.74) is 3.52. The number of para-hydroxylation sites is 2. The molecular formula is C22H26N4O2. The number of aromatic nitrogens is 2. The van der Waals surface area contributed by atoms with Crippen LogP contribution in [0.15, 0.2) is 48.5 Å². The van der Waals surface area contributed by atoms with Gasteiger partial charge >= 0.3 is 0 Å². The summed E-state index contributed by atoms with van der Waals surface area (Å²) in [6.45, 7) is 2.48. The van der Waals surface area contributed by atoms with E-state index in [2.05, 4.69) is 11.9 Å². The maximum absolute atomic E-state index is 12.8. The molecule has 0 aliphatic carbocycles. The second-order valence-corrected chi connectivity index (χ2v) is 7.50. The van der Waals surface area contributed by atoms with E-state index in [1.807, 2.05) is 65.0 Å². The molecule has 2 aromatic carbocycles. The molecule has 1 unspecified atom stereocenters. The van der Waals surface area contributed by atoms with E-state index in [0.717, 1.165) is 41.9 Å². The summed E-state index contributed by atoms with van der Waals surface area (Å²) < 4.78 is 2.02. The molecule has 6 nitrogen and oxygen atoms in total. The van der Waals surface area contributed by atoms with Crippen molar-refractivity contribution in [3.63, 3.8) is 0 Å². The molecule has 1 aliphatic heterocycles. The van der Waals surface area contributed by atoms with E-state index < -0.39 is 0 Å². The molecule has 28 heavy (non-hydrogen) atoms. The fourth-order valence-electron chi connectivity index (χ4n) is 3.98. The van der Waals surface area contributed by atoms with Gasteiger partial charge in [0.25, 0.3) is 5.91 Å². The Morgan fingerprint density at radius 1 is 1.21 bits per heavy atom. The quantitative estimate of drug-likeness (QED) is 0.741. The topological polar surface area (TPSA) is 61.6 Å². The maximum atomic E-state index is 12.8. The molecule has 0 saturated carbocycles. The number of hydrogen-bond acceptors (Lipinski definition) is 4. The normalized spacial score (nSPS) is 17.3. The highest BCUT2D eigenvalue weighted by atomic mass is 16.3. The first-order chi connectivity index (χ1) is 13.6. The second-order valence-electron chi connectivity index (χ2n) is 7.50. The number of fused-ring (bicyclic) bond motifs is 1. The Bertz CT molecular complexity index is 980. The predicted molar refractivity (Wildman–Crippen MR) is 110 cm³/mol. The number of rotatable bonds is 5. The van der Waals surface area contributed by atoms with Crippen molar-refractivity contribution >= 4 is 16.9 Å². The molecule has 1 fully saturated rings. The van der Waals surface area contributed by atoms with Crippen LogP contribution in [0.1, 0.15) is 16.8 Å². The first-order valence-electron chi connectivity index (χ1n) is 9.70. The molecule has 0 radical (unpaired) electrons. The van der Waals surface area contributed by atoms with Gasteiger partial charge in [-0.25, -0.2) is 4.98 Å². The minimum atomic E-state index is 0.0462. The summed E-state index contributed by atoms with van der Waals surface area (Å²) in [7, 11) is 3.98. The molecule has 6 heteroatoms. The molecule has 1 aromatic heterocycles. The zero-order valence-corrected chi connectivity index (χ0v) is 16.4. The fraction of sp³-hybridized carbons (Fsp3) is 0.364. The molecule has 0 bridgehead atoms. The average Bonchev–Trinajstić information content (AvgIpc) is 3.31. The Hall–Kier alpha value is -2.70. The highest BCUT2D eigenvalue weighted by Gasteiger charge is 2.27. The van der Waals surface area contributed by atoms with Crippen LogP contribution >= 0.6 is 0 Å². The highest BCUT2D eigenvalue weighted by molar-refractivity contribution is 5.94. The number of imidazole rings is 1. The Balaban J connectivity index is 1.61. The summed E-state index contributed by atoms with van der Waals surface area (Å²) >= 11 is 0. The lowest BCUT2D eigenvalue weighted by atomic mass is 10.1. The fourth-order valence-corrected chi connectivity index (χ4v) is 3.98. The number of aliphatic hydroxyl groups is 1. The molecule has 2 heterocycles. The van der Waals surface area contributed by atoms with Crippen LogP contribution in [-0.4, -0.2) is 70.2 Å². The Kier molecular flexibility index (Phi) is 5.15. The lowest BCUT2D eigenvalue weighted by Gasteiger charge is -2.24. The van der Waals surface area contributed by atoms with Crippen molar-refractivity contribution in [1.82, 2.24) is 19.4 Å². The van der Waals surface area contributed by atoms with E-state index in [1.165, 1.54) is 0 Å². The van der Waals surface area contributed by atoms with E-state index in [9.17, 15) is 9.90 Å². The smallest absolute Gasteiger partial charge is 0.253 e. The Morgan fingerprint density at radius 3 is 2.64 bits per heavy atom. The van der Waals surface area contributed by atoms with E-state index >= 15 is 0 Å². The van der Waals surface area contributed by atoms with Crippen molar-refractivity contribution in [2.45, 2.75) is 19.0 Å². The van der Waals surface area contributed by atoms with Gasteiger partial charge in [0.05, 0.1) is 17.6 Å². The molecule has 1 amide bonds. The summed E-state index contributed by atoms with van der Waals surface area (Å²) in [4.78, 5) is 21.7. The third-order valence-electron chi connectivity index (χ3n) is 5.60. The number of amides is 1. The number of hydrogen-bond donors (Lipinski definition) is 1. The zero-order valence-electron chi connectivity index (χ0n) is 16.4. The van der Waals surface area contributed by atoms with E-state index in [4.69, 9.17) is 4.98 Å². The molecule has 1 N–H and O–H groups in total.